The van der Waals surface area contributed by atoms with Crippen LogP contribution < -0.4 is 9.79 Å². The lowest BCUT2D eigenvalue weighted by Crippen LogP contribution is -2.35. The Morgan fingerprint density at radius 3 is 1.57 bits per heavy atom. The molecule has 142 valence electrons. The van der Waals surface area contributed by atoms with Crippen LogP contribution in [0.1, 0.15) is 13.3 Å². The van der Waals surface area contributed by atoms with Gasteiger partial charge < -0.3 is 44.4 Å². The molecule has 10 nitrogen and oxygen atoms in total. The third-order valence-electron chi connectivity index (χ3n) is 3.20. The Morgan fingerprint density at radius 1 is 0.957 bits per heavy atom. The van der Waals surface area contributed by atoms with E-state index >= 15 is 0 Å². The Balaban J connectivity index is 0. The predicted octanol–water partition coefficient (Wildman–Crippen LogP) is -3.52. The zero-order valence-electron chi connectivity index (χ0n) is 13.3. The van der Waals surface area contributed by atoms with Gasteiger partial charge in [0.1, 0.15) is 0 Å². The first-order chi connectivity index (χ1) is 10.7. The molecule has 23 heavy (non-hydrogen) atoms. The summed E-state index contributed by atoms with van der Waals surface area (Å²) >= 11 is 0. The number of phosphoric acid groups is 1. The lowest BCUT2D eigenvalue weighted by Gasteiger charge is -2.35. The van der Waals surface area contributed by atoms with Crippen molar-refractivity contribution in [3.8, 4) is 0 Å². The van der Waals surface area contributed by atoms with E-state index < -0.39 is 33.1 Å². The maximum absolute atomic E-state index is 10.1. The fraction of sp³-hybridized carbons (Fsp3) is 1.00. The van der Waals surface area contributed by atoms with E-state index in [1.165, 1.54) is 0 Å². The molecule has 0 spiro atoms. The number of nitrogens with zero attached hydrogens (tertiary/aromatic N) is 1. The van der Waals surface area contributed by atoms with Gasteiger partial charge in [0.25, 0.3) is 0 Å². The van der Waals surface area contributed by atoms with Crippen molar-refractivity contribution in [1.29, 1.82) is 0 Å². The molecule has 0 aromatic carbocycles. The fourth-order valence-electron chi connectivity index (χ4n) is 1.44. The van der Waals surface area contributed by atoms with Crippen molar-refractivity contribution in [2.24, 2.45) is 5.41 Å². The maximum atomic E-state index is 10.1. The van der Waals surface area contributed by atoms with Gasteiger partial charge in [-0.15, -0.1) is 0 Å². The summed E-state index contributed by atoms with van der Waals surface area (Å²) in [5.41, 5.74) is -1.05. The third kappa shape index (κ3) is 14.0. The first kappa shape index (κ1) is 25.1. The Labute approximate surface area is 136 Å². The molecule has 0 heterocycles. The number of aliphatic hydroxyl groups is 5. The Kier molecular flexibility index (Phi) is 15.5. The zero-order chi connectivity index (χ0) is 18.4. The van der Waals surface area contributed by atoms with Crippen molar-refractivity contribution in [2.45, 2.75) is 13.3 Å². The van der Waals surface area contributed by atoms with Crippen molar-refractivity contribution in [3.63, 3.8) is 0 Å². The summed E-state index contributed by atoms with van der Waals surface area (Å²) in [6.07, 6.45) is 0.319. The van der Waals surface area contributed by atoms with Gasteiger partial charge in [0.2, 0.25) is 0 Å². The van der Waals surface area contributed by atoms with Crippen molar-refractivity contribution in [1.82, 2.24) is 4.90 Å². The molecule has 0 rings (SSSR count). The molecule has 0 aromatic heterocycles. The molecule has 0 amide bonds. The van der Waals surface area contributed by atoms with Crippen LogP contribution in [0.15, 0.2) is 0 Å². The van der Waals surface area contributed by atoms with Crippen LogP contribution in [-0.4, -0.2) is 89.7 Å². The fourth-order valence-corrected chi connectivity index (χ4v) is 1.87. The minimum Gasteiger partial charge on any atom is -0.790 e. The van der Waals surface area contributed by atoms with Gasteiger partial charge in [0.15, 0.2) is 0 Å². The normalized spacial score (nSPS) is 12.2. The van der Waals surface area contributed by atoms with Gasteiger partial charge in [-0.05, 0) is 6.42 Å². The molecular formula is C12H28NO9P-2. The van der Waals surface area contributed by atoms with Crippen LogP contribution in [0.4, 0.5) is 0 Å². The lowest BCUT2D eigenvalue weighted by atomic mass is 9.88. The highest BCUT2D eigenvalue weighted by Crippen LogP contribution is 2.30. The van der Waals surface area contributed by atoms with E-state index in [2.05, 4.69) is 4.52 Å². The number of phosphoric ester groups is 1. The van der Waals surface area contributed by atoms with Crippen LogP contribution >= 0.6 is 7.82 Å². The van der Waals surface area contributed by atoms with E-state index in [9.17, 15) is 14.4 Å². The van der Waals surface area contributed by atoms with Gasteiger partial charge in [-0.25, -0.2) is 0 Å². The van der Waals surface area contributed by atoms with Crippen LogP contribution in [0.5, 0.6) is 0 Å². The van der Waals surface area contributed by atoms with Gasteiger partial charge in [-0.1, -0.05) is 6.92 Å². The average molecular weight is 361 g/mol. The average Bonchev–Trinajstić information content (AvgIpc) is 2.50. The van der Waals surface area contributed by atoms with Crippen LogP contribution in [0.25, 0.3) is 0 Å². The summed E-state index contributed by atoms with van der Waals surface area (Å²) in [4.78, 5) is 22.0. The minimum atomic E-state index is -5.02. The van der Waals surface area contributed by atoms with E-state index in [-0.39, 0.29) is 19.8 Å². The number of hydrogen-bond donors (Lipinski definition) is 5. The highest BCUT2D eigenvalue weighted by Gasteiger charge is 2.27. The van der Waals surface area contributed by atoms with Gasteiger partial charge in [-0.2, -0.15) is 0 Å². The molecule has 0 saturated heterocycles. The first-order valence-corrected chi connectivity index (χ1v) is 8.63. The monoisotopic (exact) mass is 361 g/mol. The maximum Gasteiger partial charge on any atom is 0.0618 e. The molecule has 0 saturated carbocycles. The molecule has 0 fully saturated rings. The smallest absolute Gasteiger partial charge is 0.0618 e. The van der Waals surface area contributed by atoms with Crippen molar-refractivity contribution in [2.75, 3.05) is 59.3 Å². The van der Waals surface area contributed by atoms with Gasteiger partial charge >= 0.3 is 0 Å². The van der Waals surface area contributed by atoms with Crippen molar-refractivity contribution in [3.05, 3.63) is 0 Å². The quantitative estimate of drug-likeness (QED) is 0.219. The molecule has 0 radical (unpaired) electrons. The molecule has 0 atom stereocenters. The van der Waals surface area contributed by atoms with Crippen LogP contribution in [0, 0.1) is 5.41 Å². The Morgan fingerprint density at radius 2 is 1.35 bits per heavy atom. The lowest BCUT2D eigenvalue weighted by molar-refractivity contribution is -0.343. The first-order valence-electron chi connectivity index (χ1n) is 7.17. The molecule has 0 unspecified atom stereocenters. The molecule has 5 N–H and O–H groups in total. The molecule has 0 aliphatic heterocycles. The number of hydrogen-bond acceptors (Lipinski definition) is 10. The van der Waals surface area contributed by atoms with Crippen LogP contribution in [0.2, 0.25) is 0 Å². The van der Waals surface area contributed by atoms with Gasteiger partial charge in [0.05, 0.1) is 47.5 Å². The van der Waals surface area contributed by atoms with E-state index in [0.29, 0.717) is 26.1 Å². The van der Waals surface area contributed by atoms with E-state index in [1.807, 2.05) is 0 Å². The number of rotatable bonds is 12. The molecule has 0 aromatic rings. The topological polar surface area (TPSA) is 177 Å². The Bertz CT molecular complexity index is 286. The summed E-state index contributed by atoms with van der Waals surface area (Å²) in [5, 5.41) is 43.1. The van der Waals surface area contributed by atoms with Crippen molar-refractivity contribution >= 4 is 7.82 Å². The summed E-state index contributed by atoms with van der Waals surface area (Å²) in [7, 11) is -5.02. The summed E-state index contributed by atoms with van der Waals surface area (Å²) in [6.45, 7) is 2.06. The summed E-state index contributed by atoms with van der Waals surface area (Å²) < 4.78 is 14.1. The second-order valence-corrected chi connectivity index (χ2v) is 6.06. The predicted molar refractivity (Wildman–Crippen MR) is 78.2 cm³/mol. The van der Waals surface area contributed by atoms with E-state index in [1.54, 1.807) is 11.8 Å². The highest BCUT2D eigenvalue weighted by atomic mass is 31.2. The molecule has 0 aliphatic rings. The SMILES string of the molecule is CCC(CO)(CO)COP(=O)([O-])[O-].OCCN(CCO)CCO. The molecule has 11 heteroatoms. The summed E-state index contributed by atoms with van der Waals surface area (Å²) in [6, 6.07) is 0. The molecule has 0 aliphatic carbocycles. The third-order valence-corrected chi connectivity index (χ3v) is 3.64. The van der Waals surface area contributed by atoms with Gasteiger partial charge in [-0.3, -0.25) is 4.90 Å². The second kappa shape index (κ2) is 14.2. The van der Waals surface area contributed by atoms with Gasteiger partial charge in [0, 0.05) is 25.0 Å². The van der Waals surface area contributed by atoms with E-state index in [0.717, 1.165) is 0 Å². The van der Waals surface area contributed by atoms with Crippen LogP contribution in [0.3, 0.4) is 0 Å². The summed E-state index contributed by atoms with van der Waals surface area (Å²) in [5.74, 6) is 0. The largest absolute Gasteiger partial charge is 0.790 e. The highest BCUT2D eigenvalue weighted by molar-refractivity contribution is 7.43. The second-order valence-electron chi connectivity index (χ2n) is 4.90. The zero-order valence-corrected chi connectivity index (χ0v) is 14.2. The van der Waals surface area contributed by atoms with Crippen molar-refractivity contribution < 1.29 is 44.4 Å². The standard InChI is InChI=1S/C6H15NO3.C6H15O6P/c8-4-1-7(2-5-9)3-6-10;1-2-6(3-7,4-8)5-12-13(9,10)11/h8-10H,1-6H2;7-8H,2-5H2,1H3,(H2,9,10,11)/p-2. The van der Waals surface area contributed by atoms with E-state index in [4.69, 9.17) is 25.5 Å². The molecule has 0 bridgehead atoms. The number of aliphatic hydroxyl groups excluding tert-OH is 5. The van der Waals surface area contributed by atoms with Crippen LogP contribution in [-0.2, 0) is 9.09 Å². The Hall–Kier alpha value is -0.130. The molecular weight excluding hydrogens is 333 g/mol. The minimum absolute atomic E-state index is 0.0694.